The summed E-state index contributed by atoms with van der Waals surface area (Å²) in [6.07, 6.45) is 6.71. The van der Waals surface area contributed by atoms with Gasteiger partial charge in [-0.3, -0.25) is 15.0 Å². The third-order valence-electron chi connectivity index (χ3n) is 6.09. The van der Waals surface area contributed by atoms with E-state index in [1.807, 2.05) is 25.4 Å². The number of halogens is 2. The summed E-state index contributed by atoms with van der Waals surface area (Å²) in [5, 5.41) is 17.8. The predicted molar refractivity (Wildman–Crippen MR) is 161 cm³/mol. The Labute approximate surface area is 297 Å². The van der Waals surface area contributed by atoms with Crippen molar-refractivity contribution in [2.24, 2.45) is 4.99 Å². The van der Waals surface area contributed by atoms with Gasteiger partial charge in [0.25, 0.3) is 0 Å². The Hall–Kier alpha value is -3.88. The fourth-order valence-electron chi connectivity index (χ4n) is 4.37. The zero-order valence-corrected chi connectivity index (χ0v) is 28.6. The van der Waals surface area contributed by atoms with Gasteiger partial charge >= 0.3 is 17.1 Å². The maximum absolute atomic E-state index is 8.49. The molecule has 261 valence electrons. The van der Waals surface area contributed by atoms with Crippen LogP contribution in [0, 0.1) is 31.8 Å². The van der Waals surface area contributed by atoms with Crippen molar-refractivity contribution in [3.05, 3.63) is 109 Å². The van der Waals surface area contributed by atoms with E-state index in [9.17, 15) is 0 Å². The molecule has 2 heterocycles. The second-order valence-electron chi connectivity index (χ2n) is 9.42. The summed E-state index contributed by atoms with van der Waals surface area (Å²) in [5.41, 5.74) is 3.18. The Balaban J connectivity index is 0.000000368. The van der Waals surface area contributed by atoms with Gasteiger partial charge in [0.05, 0.1) is 17.1 Å². The van der Waals surface area contributed by atoms with E-state index in [0.29, 0.717) is 0 Å². The average molecular weight is 760 g/mol. The van der Waals surface area contributed by atoms with Crippen molar-refractivity contribution < 1.29 is 74.8 Å². The number of hydrogen-bond donors (Lipinski definition) is 1. The number of fused-ring (bicyclic) bond motifs is 5. The van der Waals surface area contributed by atoms with Gasteiger partial charge in [0.15, 0.2) is 0 Å². The van der Waals surface area contributed by atoms with Crippen LogP contribution in [0.5, 0.6) is 0 Å². The van der Waals surface area contributed by atoms with Crippen molar-refractivity contribution in [1.29, 1.82) is 5.26 Å². The molecule has 0 bridgehead atoms. The Morgan fingerprint density at radius 3 is 1.49 bits per heavy atom. The van der Waals surface area contributed by atoms with Crippen LogP contribution in [-0.2, 0) is 17.1 Å². The van der Waals surface area contributed by atoms with Gasteiger partial charge in [0, 0.05) is 48.4 Å². The molecule has 0 aliphatic rings. The van der Waals surface area contributed by atoms with Gasteiger partial charge in [0.1, 0.15) is 0 Å². The first-order valence-corrected chi connectivity index (χ1v) is 16.4. The number of benzene rings is 4. The number of aromatic nitrogens is 2. The molecule has 0 aliphatic carbocycles. The van der Waals surface area contributed by atoms with E-state index < -0.39 is 20.5 Å². The second kappa shape index (κ2) is 22.0. The summed E-state index contributed by atoms with van der Waals surface area (Å²) in [6, 6.07) is 33.2. The quantitative estimate of drug-likeness (QED) is 0.0647. The standard InChI is InChI=1S/C19H20N2.C12H8N2.C2H3N.2ClHO4.Cu/c1-20-11-6-12-21-14-19-17-9-4-2-7-15(17)13-16-8-3-5-10-18(16)19;1-3-9-5-6-10-4-2-8-14-12(10)11(9)13-7-1;1-2-3;2*2-1(3,4)5;/h2-5,7-10,13-14,20H,6,11-12H2,1H3;1-8H;1H3;2*(H,2,3,4,5);/q;;;;;+2/p-2. The zero-order valence-electron chi connectivity index (χ0n) is 26.1. The van der Waals surface area contributed by atoms with E-state index in [2.05, 4.69) is 99.1 Å². The molecule has 0 aliphatic heterocycles. The molecule has 0 fully saturated rings. The average Bonchev–Trinajstić information content (AvgIpc) is 3.03. The van der Waals surface area contributed by atoms with Gasteiger partial charge in [-0.05, 0) is 59.8 Å². The van der Waals surface area contributed by atoms with Gasteiger partial charge in [-0.15, -0.1) is 20.5 Å². The Bertz CT molecular complexity index is 1820. The molecular formula is C33H31Cl2CuN5O8. The Morgan fingerprint density at radius 2 is 1.08 bits per heavy atom. The molecule has 0 unspecified atom stereocenters. The predicted octanol–water partition coefficient (Wildman–Crippen LogP) is -2.18. The van der Waals surface area contributed by atoms with E-state index in [1.165, 1.54) is 34.0 Å². The van der Waals surface area contributed by atoms with E-state index in [1.54, 1.807) is 18.5 Å². The van der Waals surface area contributed by atoms with Crippen molar-refractivity contribution in [3.8, 4) is 6.07 Å². The summed E-state index contributed by atoms with van der Waals surface area (Å²) in [7, 11) is -7.91. The summed E-state index contributed by atoms with van der Waals surface area (Å²) < 4.78 is 67.9. The van der Waals surface area contributed by atoms with Crippen molar-refractivity contribution in [1.82, 2.24) is 15.3 Å². The molecule has 0 saturated carbocycles. The summed E-state index contributed by atoms with van der Waals surface area (Å²) in [4.78, 5) is 13.3. The maximum Gasteiger partial charge on any atom is 2.00 e. The van der Waals surface area contributed by atoms with Crippen molar-refractivity contribution in [3.63, 3.8) is 0 Å². The first-order chi connectivity index (χ1) is 22.8. The van der Waals surface area contributed by atoms with Crippen LogP contribution < -0.4 is 42.6 Å². The van der Waals surface area contributed by atoms with Crippen LogP contribution in [0.25, 0.3) is 43.4 Å². The summed E-state index contributed by atoms with van der Waals surface area (Å²) >= 11 is 0. The zero-order chi connectivity index (χ0) is 35.6. The number of nitriles is 1. The molecular weight excluding hydrogens is 729 g/mol. The molecule has 0 spiro atoms. The molecule has 6 rings (SSSR count). The molecule has 1 radical (unpaired) electrons. The van der Waals surface area contributed by atoms with Gasteiger partial charge in [-0.2, -0.15) is 5.26 Å². The molecule has 0 atom stereocenters. The molecule has 6 aromatic rings. The van der Waals surface area contributed by atoms with Crippen LogP contribution in [0.15, 0.2) is 108 Å². The minimum Gasteiger partial charge on any atom is -0.320 e. The molecule has 13 nitrogen and oxygen atoms in total. The summed E-state index contributed by atoms with van der Waals surface area (Å²) in [6.45, 7) is 3.30. The van der Waals surface area contributed by atoms with Gasteiger partial charge < -0.3 is 5.32 Å². The van der Waals surface area contributed by atoms with Gasteiger partial charge in [0.2, 0.25) is 0 Å². The normalized spacial score (nSPS) is 10.7. The Kier molecular flexibility index (Phi) is 19.3. The number of aliphatic imine (C=N–C) groups is 1. The first kappa shape index (κ1) is 43.1. The smallest absolute Gasteiger partial charge is 0.320 e. The largest absolute Gasteiger partial charge is 2.00 e. The van der Waals surface area contributed by atoms with Gasteiger partial charge in [-0.1, -0.05) is 72.8 Å². The second-order valence-corrected chi connectivity index (χ2v) is 10.9. The van der Waals surface area contributed by atoms with Crippen LogP contribution in [-0.4, -0.2) is 36.3 Å². The van der Waals surface area contributed by atoms with E-state index in [-0.39, 0.29) is 17.1 Å². The first-order valence-electron chi connectivity index (χ1n) is 13.9. The Morgan fingerprint density at radius 1 is 0.694 bits per heavy atom. The number of nitrogens with zero attached hydrogens (tertiary/aromatic N) is 4. The minimum absolute atomic E-state index is 0. The molecule has 0 amide bonds. The summed E-state index contributed by atoms with van der Waals surface area (Å²) in [5.74, 6) is 0. The molecule has 1 N–H and O–H groups in total. The molecule has 49 heavy (non-hydrogen) atoms. The number of pyridine rings is 2. The van der Waals surface area contributed by atoms with Crippen LogP contribution in [0.4, 0.5) is 0 Å². The number of nitrogens with one attached hydrogen (secondary N) is 1. The number of hydrogen-bond acceptors (Lipinski definition) is 13. The van der Waals surface area contributed by atoms with Crippen LogP contribution >= 0.6 is 0 Å². The van der Waals surface area contributed by atoms with Crippen LogP contribution in [0.3, 0.4) is 0 Å². The van der Waals surface area contributed by atoms with Crippen LogP contribution in [0.1, 0.15) is 18.9 Å². The van der Waals surface area contributed by atoms with E-state index in [0.717, 1.165) is 41.3 Å². The van der Waals surface area contributed by atoms with Crippen molar-refractivity contribution in [2.75, 3.05) is 20.1 Å². The van der Waals surface area contributed by atoms with Gasteiger partial charge in [-0.25, -0.2) is 37.3 Å². The van der Waals surface area contributed by atoms with Crippen LogP contribution in [0.2, 0.25) is 0 Å². The van der Waals surface area contributed by atoms with Crippen molar-refractivity contribution in [2.45, 2.75) is 13.3 Å². The topological polar surface area (TPSA) is 258 Å². The van der Waals surface area contributed by atoms with E-state index in [4.69, 9.17) is 42.5 Å². The molecule has 0 saturated heterocycles. The fraction of sp³-hybridized carbons (Fsp3) is 0.152. The monoisotopic (exact) mass is 758 g/mol. The molecule has 16 heteroatoms. The van der Waals surface area contributed by atoms with E-state index >= 15 is 0 Å². The maximum atomic E-state index is 8.49. The third kappa shape index (κ3) is 16.9. The molecule has 4 aromatic carbocycles. The SMILES string of the molecule is CC#N.CNCCCN=Cc1c2ccccc2cc2ccccc12.[Cu+2].[O-][Cl+3]([O-])([O-])[O-].[O-][Cl+3]([O-])([O-])[O-].c1cnc2c(c1)ccc1cccnc12. The third-order valence-corrected chi connectivity index (χ3v) is 6.09. The fourth-order valence-corrected chi connectivity index (χ4v) is 4.37. The number of rotatable bonds is 5. The van der Waals surface area contributed by atoms with Crippen molar-refractivity contribution >= 4 is 49.6 Å². The molecule has 2 aromatic heterocycles. The minimum atomic E-state index is -4.94.